The average molecular weight is 469 g/mol. The minimum absolute atomic E-state index is 0.0380. The summed E-state index contributed by atoms with van der Waals surface area (Å²) in [5, 5.41) is 0. The largest absolute Gasteiger partial charge is 0.497 e. The second kappa shape index (κ2) is 8.02. The number of benzene rings is 1. The first-order valence-electron chi connectivity index (χ1n) is 8.91. The maximum absolute atomic E-state index is 13.5. The second-order valence-corrected chi connectivity index (χ2v) is 13.3. The molecular formula is C16H24N2O8S3. The van der Waals surface area contributed by atoms with Crippen molar-refractivity contribution in [2.45, 2.75) is 29.8 Å². The van der Waals surface area contributed by atoms with Gasteiger partial charge in [0, 0.05) is 12.1 Å². The summed E-state index contributed by atoms with van der Waals surface area (Å²) >= 11 is 0. The van der Waals surface area contributed by atoms with E-state index in [1.807, 2.05) is 0 Å². The van der Waals surface area contributed by atoms with Crippen molar-refractivity contribution >= 4 is 29.7 Å². The molecule has 29 heavy (non-hydrogen) atoms. The molecule has 1 aromatic rings. The Bertz CT molecular complexity index is 1080. The number of nitrogens with zero attached hydrogens (tertiary/aromatic N) is 1. The van der Waals surface area contributed by atoms with Crippen molar-refractivity contribution in [2.24, 2.45) is 0 Å². The summed E-state index contributed by atoms with van der Waals surface area (Å²) in [6.45, 7) is 0. The molecule has 2 fully saturated rings. The van der Waals surface area contributed by atoms with E-state index in [0.29, 0.717) is 5.75 Å². The molecule has 0 spiro atoms. The van der Waals surface area contributed by atoms with Crippen LogP contribution in [0.3, 0.4) is 0 Å². The van der Waals surface area contributed by atoms with Crippen LogP contribution >= 0.6 is 0 Å². The van der Waals surface area contributed by atoms with Crippen molar-refractivity contribution in [3.05, 3.63) is 18.2 Å². The quantitative estimate of drug-likeness (QED) is 0.529. The van der Waals surface area contributed by atoms with Crippen LogP contribution in [0, 0.1) is 0 Å². The van der Waals surface area contributed by atoms with E-state index in [9.17, 15) is 25.3 Å². The molecule has 0 radical (unpaired) electrons. The van der Waals surface area contributed by atoms with Gasteiger partial charge in [-0.3, -0.25) is 0 Å². The molecule has 0 aromatic heterocycles. The fourth-order valence-corrected chi connectivity index (χ4v) is 8.67. The van der Waals surface area contributed by atoms with Crippen molar-refractivity contribution in [2.75, 3.05) is 37.2 Å². The number of rotatable bonds is 7. The summed E-state index contributed by atoms with van der Waals surface area (Å²) in [6, 6.07) is 2.72. The highest BCUT2D eigenvalue weighted by Gasteiger charge is 2.42. The van der Waals surface area contributed by atoms with Gasteiger partial charge in [0.1, 0.15) is 16.4 Å². The molecule has 0 saturated carbocycles. The minimum atomic E-state index is -4.24. The third kappa shape index (κ3) is 4.85. The Morgan fingerprint density at radius 2 is 1.66 bits per heavy atom. The Kier molecular flexibility index (Phi) is 6.16. The molecule has 2 aliphatic rings. The molecule has 164 valence electrons. The summed E-state index contributed by atoms with van der Waals surface area (Å²) in [7, 11) is -8.14. The van der Waals surface area contributed by atoms with E-state index >= 15 is 0 Å². The third-order valence-electron chi connectivity index (χ3n) is 4.99. The van der Waals surface area contributed by atoms with E-state index in [1.54, 1.807) is 0 Å². The van der Waals surface area contributed by atoms with Gasteiger partial charge in [0.15, 0.2) is 19.7 Å². The topological polar surface area (TPSA) is 136 Å². The summed E-state index contributed by atoms with van der Waals surface area (Å²) in [5.41, 5.74) is 2.78. The third-order valence-corrected chi connectivity index (χ3v) is 10.3. The van der Waals surface area contributed by atoms with E-state index in [2.05, 4.69) is 5.43 Å². The molecule has 2 aliphatic heterocycles. The van der Waals surface area contributed by atoms with Crippen LogP contribution in [0.2, 0.25) is 0 Å². The maximum atomic E-state index is 13.5. The van der Waals surface area contributed by atoms with E-state index in [1.165, 1.54) is 32.4 Å². The Labute approximate surface area is 171 Å². The predicted octanol–water partition coefficient (Wildman–Crippen LogP) is -0.427. The van der Waals surface area contributed by atoms with Crippen LogP contribution in [-0.2, 0) is 29.7 Å². The molecule has 0 amide bonds. The number of hydrazine groups is 1. The normalized spacial score (nSPS) is 25.9. The first-order chi connectivity index (χ1) is 13.5. The Morgan fingerprint density at radius 3 is 2.17 bits per heavy atom. The zero-order valence-corrected chi connectivity index (χ0v) is 18.5. The van der Waals surface area contributed by atoms with Gasteiger partial charge in [-0.05, 0) is 25.0 Å². The maximum Gasteiger partial charge on any atom is 0.259 e. The van der Waals surface area contributed by atoms with Crippen LogP contribution in [-0.4, -0.2) is 79.0 Å². The highest BCUT2D eigenvalue weighted by Crippen LogP contribution is 2.33. The van der Waals surface area contributed by atoms with Gasteiger partial charge < -0.3 is 9.47 Å². The number of sulfone groups is 2. The Hall–Kier alpha value is -1.41. The van der Waals surface area contributed by atoms with E-state index < -0.39 is 41.8 Å². The van der Waals surface area contributed by atoms with Crippen LogP contribution < -0.4 is 14.9 Å². The van der Waals surface area contributed by atoms with Gasteiger partial charge in [0.25, 0.3) is 10.0 Å². The van der Waals surface area contributed by atoms with Gasteiger partial charge in [-0.2, -0.15) is 0 Å². The van der Waals surface area contributed by atoms with E-state index in [0.717, 1.165) is 4.41 Å². The molecule has 1 N–H and O–H groups in total. The van der Waals surface area contributed by atoms with Gasteiger partial charge in [-0.25, -0.2) is 30.7 Å². The lowest BCUT2D eigenvalue weighted by molar-refractivity contribution is 0.228. The first kappa shape index (κ1) is 22.3. The average Bonchev–Trinajstić information content (AvgIpc) is 3.19. The molecule has 0 bridgehead atoms. The van der Waals surface area contributed by atoms with Crippen molar-refractivity contribution in [3.8, 4) is 11.5 Å². The van der Waals surface area contributed by atoms with Gasteiger partial charge >= 0.3 is 0 Å². The van der Waals surface area contributed by atoms with Crippen LogP contribution in [0.25, 0.3) is 0 Å². The van der Waals surface area contributed by atoms with E-state index in [-0.39, 0.29) is 46.5 Å². The van der Waals surface area contributed by atoms with Crippen LogP contribution in [0.1, 0.15) is 12.8 Å². The molecule has 10 nitrogen and oxygen atoms in total. The number of nitrogens with one attached hydrogen (secondary N) is 1. The number of methoxy groups -OCH3 is 2. The monoisotopic (exact) mass is 468 g/mol. The van der Waals surface area contributed by atoms with Gasteiger partial charge in [-0.15, -0.1) is 4.41 Å². The van der Waals surface area contributed by atoms with Crippen molar-refractivity contribution in [3.63, 3.8) is 0 Å². The first-order valence-corrected chi connectivity index (χ1v) is 14.0. The highest BCUT2D eigenvalue weighted by molar-refractivity contribution is 7.92. The van der Waals surface area contributed by atoms with E-state index in [4.69, 9.17) is 9.47 Å². The highest BCUT2D eigenvalue weighted by atomic mass is 32.2. The lowest BCUT2D eigenvalue weighted by atomic mass is 10.2. The summed E-state index contributed by atoms with van der Waals surface area (Å²) in [4.78, 5) is -0.168. The standard InChI is InChI=1S/C16H24N2O8S3/c1-25-14-3-4-16(15(9-14)26-2)29(23,24)18(13-6-8-28(21,22)11-13)17-12-5-7-27(19,20)10-12/h3-4,9,12-13,17H,5-8,10-11H2,1-2H3/t12-,13+/m1/s1. The molecule has 2 saturated heterocycles. The van der Waals surface area contributed by atoms with Crippen LogP contribution in [0.15, 0.2) is 23.1 Å². The van der Waals surface area contributed by atoms with Crippen LogP contribution in [0.5, 0.6) is 11.5 Å². The Morgan fingerprint density at radius 1 is 1.00 bits per heavy atom. The predicted molar refractivity (Wildman–Crippen MR) is 106 cm³/mol. The van der Waals surface area contributed by atoms with Crippen LogP contribution in [0.4, 0.5) is 0 Å². The van der Waals surface area contributed by atoms with Gasteiger partial charge in [0.05, 0.1) is 43.3 Å². The summed E-state index contributed by atoms with van der Waals surface area (Å²) < 4.78 is 85.7. The second-order valence-electron chi connectivity index (χ2n) is 7.10. The molecule has 2 atom stereocenters. The number of ether oxygens (including phenoxy) is 2. The lowest BCUT2D eigenvalue weighted by Crippen LogP contribution is -2.54. The number of sulfonamides is 1. The number of hydrogen-bond acceptors (Lipinski definition) is 9. The van der Waals surface area contributed by atoms with Gasteiger partial charge in [0.2, 0.25) is 0 Å². The Balaban J connectivity index is 2.00. The summed E-state index contributed by atoms with van der Waals surface area (Å²) in [5.74, 6) is -0.293. The van der Waals surface area contributed by atoms with Crippen molar-refractivity contribution in [1.29, 1.82) is 0 Å². The number of hydrogen-bond donors (Lipinski definition) is 1. The molecule has 0 unspecified atom stereocenters. The van der Waals surface area contributed by atoms with Crippen molar-refractivity contribution < 1.29 is 34.7 Å². The lowest BCUT2D eigenvalue weighted by Gasteiger charge is -2.30. The minimum Gasteiger partial charge on any atom is -0.497 e. The molecule has 3 rings (SSSR count). The van der Waals surface area contributed by atoms with Gasteiger partial charge in [-0.1, -0.05) is 0 Å². The molecule has 2 heterocycles. The smallest absolute Gasteiger partial charge is 0.259 e. The fourth-order valence-electron chi connectivity index (χ4n) is 3.50. The molecular weight excluding hydrogens is 444 g/mol. The zero-order chi connectivity index (χ0) is 21.4. The molecule has 13 heteroatoms. The molecule has 0 aliphatic carbocycles. The summed E-state index contributed by atoms with van der Waals surface area (Å²) in [6.07, 6.45) is 0.361. The molecule has 1 aromatic carbocycles. The fraction of sp³-hybridized carbons (Fsp3) is 0.625. The SMILES string of the molecule is COc1ccc(S(=O)(=O)N(N[C@@H]2CCS(=O)(=O)C2)[C@H]2CCS(=O)(=O)C2)c(OC)c1. The van der Waals surface area contributed by atoms with Crippen molar-refractivity contribution in [1.82, 2.24) is 9.84 Å². The zero-order valence-electron chi connectivity index (χ0n) is 16.1.